The smallest absolute Gasteiger partial charge is 0.462 e. The lowest BCUT2D eigenvalue weighted by Crippen LogP contribution is -2.29. The minimum Gasteiger partial charge on any atom is -0.462 e. The van der Waals surface area contributed by atoms with Crippen LogP contribution in [0.15, 0.2) is 72.9 Å². The van der Waals surface area contributed by atoms with Gasteiger partial charge in [0.1, 0.15) is 12.7 Å². The van der Waals surface area contributed by atoms with Crippen molar-refractivity contribution in [3.05, 3.63) is 72.9 Å². The van der Waals surface area contributed by atoms with E-state index in [0.29, 0.717) is 19.3 Å². The minimum atomic E-state index is -4.65. The molecule has 0 aromatic heterocycles. The first-order chi connectivity index (χ1) is 25.5. The molecule has 4 N–H and O–H groups in total. The van der Waals surface area contributed by atoms with Crippen molar-refractivity contribution < 1.29 is 52.9 Å². The van der Waals surface area contributed by atoms with Crippen molar-refractivity contribution >= 4 is 19.8 Å². The van der Waals surface area contributed by atoms with E-state index in [9.17, 15) is 29.3 Å². The molecule has 304 valence electrons. The average molecular weight is 769 g/mol. The van der Waals surface area contributed by atoms with Gasteiger partial charge in [-0.15, -0.1) is 0 Å². The van der Waals surface area contributed by atoms with E-state index in [1.54, 1.807) is 24.3 Å². The summed E-state index contributed by atoms with van der Waals surface area (Å²) < 4.78 is 32.4. The Morgan fingerprint density at radius 1 is 0.717 bits per heavy atom. The highest BCUT2D eigenvalue weighted by Crippen LogP contribution is 2.43. The lowest BCUT2D eigenvalue weighted by molar-refractivity contribution is -0.161. The molecule has 0 aromatic carbocycles. The van der Waals surface area contributed by atoms with E-state index in [-0.39, 0.29) is 12.8 Å². The lowest BCUT2D eigenvalue weighted by Gasteiger charge is -2.20. The van der Waals surface area contributed by atoms with E-state index in [0.717, 1.165) is 50.9 Å². The molecule has 0 aromatic rings. The van der Waals surface area contributed by atoms with Crippen LogP contribution in [-0.2, 0) is 32.7 Å². The number of carbonyl (C=O) groups is 2. The maximum atomic E-state index is 12.5. The predicted molar refractivity (Wildman–Crippen MR) is 211 cm³/mol. The highest BCUT2D eigenvalue weighted by atomic mass is 31.2. The summed E-state index contributed by atoms with van der Waals surface area (Å²) in [5, 5.41) is 28.4. The topological polar surface area (TPSA) is 169 Å². The Kier molecular flexibility index (Phi) is 33.4. The summed E-state index contributed by atoms with van der Waals surface area (Å²) in [5.74, 6) is -0.371. The van der Waals surface area contributed by atoms with E-state index < -0.39 is 64.5 Å². The van der Waals surface area contributed by atoms with Crippen LogP contribution in [0, 0.1) is 5.92 Å². The molecular formula is C41H69O11P. The number of hydrogen-bond donors (Lipinski definition) is 4. The SMILES string of the molecule is CC/C=C\C/C=C\C/C=C\C/C=C\C=C/C(O)C/C=C\CCC(=O)OC[C@H](COP(=O)(O)OC[C@@H](O)CO)OC(=O)CCCCCCCCC(C)CC. The van der Waals surface area contributed by atoms with E-state index in [2.05, 4.69) is 61.8 Å². The van der Waals surface area contributed by atoms with Crippen molar-refractivity contribution in [1.82, 2.24) is 0 Å². The summed E-state index contributed by atoms with van der Waals surface area (Å²) in [5.41, 5.74) is 0. The molecule has 0 amide bonds. The number of esters is 2. The van der Waals surface area contributed by atoms with Crippen LogP contribution in [0.25, 0.3) is 0 Å². The second kappa shape index (κ2) is 35.1. The van der Waals surface area contributed by atoms with Gasteiger partial charge in [0.05, 0.1) is 25.9 Å². The number of carbonyl (C=O) groups excluding carboxylic acids is 2. The van der Waals surface area contributed by atoms with E-state index in [4.69, 9.17) is 19.1 Å². The first-order valence-corrected chi connectivity index (χ1v) is 20.9. The van der Waals surface area contributed by atoms with Gasteiger partial charge in [0.25, 0.3) is 0 Å². The third-order valence-electron chi connectivity index (χ3n) is 8.01. The number of aliphatic hydroxyl groups excluding tert-OH is 3. The number of phosphoric acid groups is 1. The molecule has 3 unspecified atom stereocenters. The van der Waals surface area contributed by atoms with Gasteiger partial charge in [0.2, 0.25) is 0 Å². The Bertz CT molecular complexity index is 1140. The third kappa shape index (κ3) is 34.9. The van der Waals surface area contributed by atoms with Crippen molar-refractivity contribution in [2.24, 2.45) is 5.92 Å². The minimum absolute atomic E-state index is 0.0317. The molecule has 0 aliphatic carbocycles. The molecule has 0 fully saturated rings. The fourth-order valence-corrected chi connectivity index (χ4v) is 5.40. The van der Waals surface area contributed by atoms with Crippen LogP contribution < -0.4 is 0 Å². The molecule has 0 aliphatic heterocycles. The molecule has 0 aliphatic rings. The second-order valence-electron chi connectivity index (χ2n) is 13.0. The summed E-state index contributed by atoms with van der Waals surface area (Å²) >= 11 is 0. The zero-order valence-electron chi connectivity index (χ0n) is 32.5. The average Bonchev–Trinajstić information content (AvgIpc) is 3.14. The van der Waals surface area contributed by atoms with Gasteiger partial charge in [-0.05, 0) is 50.9 Å². The van der Waals surface area contributed by atoms with Gasteiger partial charge in [-0.2, -0.15) is 0 Å². The number of allylic oxidation sites excluding steroid dienone is 10. The zero-order valence-corrected chi connectivity index (χ0v) is 33.4. The molecule has 0 rings (SSSR count). The summed E-state index contributed by atoms with van der Waals surface area (Å²) in [6.45, 7) is 4.28. The molecule has 0 heterocycles. The monoisotopic (exact) mass is 768 g/mol. The molecule has 0 bridgehead atoms. The Morgan fingerprint density at radius 2 is 1.34 bits per heavy atom. The Labute approximate surface area is 319 Å². The highest BCUT2D eigenvalue weighted by Gasteiger charge is 2.27. The van der Waals surface area contributed by atoms with E-state index in [1.165, 1.54) is 25.7 Å². The van der Waals surface area contributed by atoms with Crippen molar-refractivity contribution in [1.29, 1.82) is 0 Å². The first kappa shape index (κ1) is 50.4. The zero-order chi connectivity index (χ0) is 39.4. The van der Waals surface area contributed by atoms with Crippen LogP contribution in [-0.4, -0.2) is 76.9 Å². The summed E-state index contributed by atoms with van der Waals surface area (Å²) in [6.07, 6.45) is 33.6. The van der Waals surface area contributed by atoms with Crippen molar-refractivity contribution in [2.75, 3.05) is 26.4 Å². The largest absolute Gasteiger partial charge is 0.472 e. The molecular weight excluding hydrogens is 699 g/mol. The molecule has 0 spiro atoms. The van der Waals surface area contributed by atoms with Crippen molar-refractivity contribution in [3.63, 3.8) is 0 Å². The Balaban J connectivity index is 4.59. The van der Waals surface area contributed by atoms with Crippen LogP contribution >= 0.6 is 7.82 Å². The summed E-state index contributed by atoms with van der Waals surface area (Å²) in [7, 11) is -4.65. The van der Waals surface area contributed by atoms with Crippen LogP contribution in [0.2, 0.25) is 0 Å². The van der Waals surface area contributed by atoms with Gasteiger partial charge in [0.15, 0.2) is 6.10 Å². The number of aliphatic hydroxyl groups is 3. The van der Waals surface area contributed by atoms with Gasteiger partial charge in [0, 0.05) is 12.8 Å². The Morgan fingerprint density at radius 3 is 2.00 bits per heavy atom. The molecule has 0 saturated carbocycles. The number of rotatable bonds is 34. The lowest BCUT2D eigenvalue weighted by atomic mass is 10.00. The molecule has 11 nitrogen and oxygen atoms in total. The number of unbranched alkanes of at least 4 members (excludes halogenated alkanes) is 5. The Hall–Kier alpha value is -2.63. The van der Waals surface area contributed by atoms with E-state index in [1.807, 2.05) is 12.2 Å². The molecule has 0 radical (unpaired) electrons. The molecule has 5 atom stereocenters. The molecule has 0 saturated heterocycles. The van der Waals surface area contributed by atoms with Crippen LogP contribution in [0.1, 0.15) is 124 Å². The van der Waals surface area contributed by atoms with E-state index >= 15 is 0 Å². The fourth-order valence-electron chi connectivity index (χ4n) is 4.61. The highest BCUT2D eigenvalue weighted by molar-refractivity contribution is 7.47. The van der Waals surface area contributed by atoms with Crippen LogP contribution in [0.5, 0.6) is 0 Å². The van der Waals surface area contributed by atoms with Crippen LogP contribution in [0.4, 0.5) is 0 Å². The first-order valence-electron chi connectivity index (χ1n) is 19.4. The third-order valence-corrected chi connectivity index (χ3v) is 8.96. The van der Waals surface area contributed by atoms with Gasteiger partial charge in [-0.3, -0.25) is 18.6 Å². The van der Waals surface area contributed by atoms with Crippen molar-refractivity contribution in [2.45, 2.75) is 142 Å². The number of phosphoric ester groups is 1. The second-order valence-corrected chi connectivity index (χ2v) is 14.5. The standard InChI is InChI=1S/C41H69O11P/c1-4-6-7-8-9-10-11-12-13-14-15-19-23-28-37(43)29-24-21-26-30-40(45)49-34-39(35-51-53(47,48)50-33-38(44)32-42)52-41(46)31-25-20-17-16-18-22-27-36(3)5-2/h6-7,9-10,12-13,15,19,21,23-24,28,36-39,42-44H,4-5,8,11,14,16-18,20,22,25-27,29-35H2,1-3H3,(H,47,48)/b7-6-,10-9-,13-12-,19-15-,24-21-,28-23-/t36?,37?,38-,39+/m0/s1. The van der Waals surface area contributed by atoms with Crippen LogP contribution in [0.3, 0.4) is 0 Å². The van der Waals surface area contributed by atoms with Crippen molar-refractivity contribution in [3.8, 4) is 0 Å². The number of hydrogen-bond acceptors (Lipinski definition) is 10. The maximum absolute atomic E-state index is 12.5. The maximum Gasteiger partial charge on any atom is 0.472 e. The van der Waals surface area contributed by atoms with Gasteiger partial charge >= 0.3 is 19.8 Å². The summed E-state index contributed by atoms with van der Waals surface area (Å²) in [4.78, 5) is 34.8. The molecule has 53 heavy (non-hydrogen) atoms. The predicted octanol–water partition coefficient (Wildman–Crippen LogP) is 8.54. The number of ether oxygens (including phenoxy) is 2. The van der Waals surface area contributed by atoms with Gasteiger partial charge in [-0.25, -0.2) is 4.57 Å². The quantitative estimate of drug-likeness (QED) is 0.0163. The van der Waals surface area contributed by atoms with Gasteiger partial charge in [-0.1, -0.05) is 139 Å². The van der Waals surface area contributed by atoms with Gasteiger partial charge < -0.3 is 29.7 Å². The summed E-state index contributed by atoms with van der Waals surface area (Å²) in [6, 6.07) is 0. The fraction of sp³-hybridized carbons (Fsp3) is 0.659. The normalized spacial score (nSPS) is 16.0. The molecule has 12 heteroatoms.